The van der Waals surface area contributed by atoms with E-state index < -0.39 is 71.8 Å². The van der Waals surface area contributed by atoms with Gasteiger partial charge < -0.3 is 44.6 Å². The maximum absolute atomic E-state index is 13.0. The molecule has 0 bridgehead atoms. The van der Waals surface area contributed by atoms with Crippen LogP contribution in [-0.4, -0.2) is 105 Å². The van der Waals surface area contributed by atoms with Gasteiger partial charge in [0.2, 0.25) is 0 Å². The van der Waals surface area contributed by atoms with Crippen molar-refractivity contribution in [3.8, 4) is 0 Å². The Bertz CT molecular complexity index is 1990. The normalized spacial score (nSPS) is 22.4. The molecule has 0 amide bonds. The van der Waals surface area contributed by atoms with Gasteiger partial charge in [-0.25, -0.2) is 9.59 Å². The fourth-order valence-electron chi connectivity index (χ4n) is 6.65. The first kappa shape index (κ1) is 54.6. The molecule has 5 N–H and O–H groups in total. The first-order valence-electron chi connectivity index (χ1n) is 20.0. The molecule has 0 saturated heterocycles. The van der Waals surface area contributed by atoms with Crippen LogP contribution >= 0.6 is 0 Å². The Morgan fingerprint density at radius 1 is 0.645 bits per heavy atom. The molecule has 0 heterocycles. The van der Waals surface area contributed by atoms with E-state index in [1.54, 1.807) is 13.8 Å². The molecule has 338 valence electrons. The highest BCUT2D eigenvalue weighted by atomic mass is 16.6. The van der Waals surface area contributed by atoms with Crippen LogP contribution in [0.3, 0.4) is 0 Å². The first-order chi connectivity index (χ1) is 29.0. The Morgan fingerprint density at radius 3 is 1.34 bits per heavy atom. The molecule has 13 nitrogen and oxygen atoms in total. The molecule has 0 aromatic rings. The molecule has 0 saturated carbocycles. The number of allylic oxidation sites excluding steroid dienone is 20. The molecule has 13 heteroatoms. The van der Waals surface area contributed by atoms with Gasteiger partial charge in [0.05, 0.1) is 6.61 Å². The standard InChI is InChI=1S/C48H62O12.CH2O/c1-29(17-13-19-31(3)21-23-35-33(5)41(53)39(25-47(35,7)8)59-45(57)43(55)37(51)27-49)15-11-12-16-30(2)18-14-20-32(4)22-24-36-34(6)42(54)40(26-48(36,9)10)60-46(58)44(56)38(52)28-50;1-2/h11-24,27,37-40,43-44,50-52,55-56H,25-26,28H2,1-10H3;1H2/b12-11+,17-13+,18-14+,23-21+,24-22+,29-15+,30-16+,31-19+,32-20+;. The van der Waals surface area contributed by atoms with Gasteiger partial charge in [-0.1, -0.05) is 135 Å². The van der Waals surface area contributed by atoms with Crippen molar-refractivity contribution >= 4 is 36.6 Å². The van der Waals surface area contributed by atoms with E-state index in [0.29, 0.717) is 11.1 Å². The zero-order valence-corrected chi connectivity index (χ0v) is 37.5. The topological polar surface area (TPSA) is 222 Å². The molecule has 0 aromatic heterocycles. The minimum absolute atomic E-state index is 0.0254. The van der Waals surface area contributed by atoms with Gasteiger partial charge in [0.15, 0.2) is 42.3 Å². The number of carbonyl (C=O) groups is 6. The van der Waals surface area contributed by atoms with Gasteiger partial charge in [-0.05, 0) is 74.7 Å². The lowest BCUT2D eigenvalue weighted by Crippen LogP contribution is -2.44. The molecule has 0 fully saturated rings. The lowest BCUT2D eigenvalue weighted by atomic mass is 9.71. The number of aldehydes is 1. The third kappa shape index (κ3) is 16.4. The van der Waals surface area contributed by atoms with Gasteiger partial charge in [0, 0.05) is 12.8 Å². The molecule has 2 aliphatic rings. The number of ketones is 2. The Balaban J connectivity index is 0.00000946. The second-order valence-corrected chi connectivity index (χ2v) is 16.5. The van der Waals surface area contributed by atoms with E-state index in [-0.39, 0.29) is 24.9 Å². The first-order valence-corrected chi connectivity index (χ1v) is 20.0. The Kier molecular flexibility index (Phi) is 22.4. The number of hydrogen-bond donors (Lipinski definition) is 5. The third-order valence-corrected chi connectivity index (χ3v) is 10.3. The van der Waals surface area contributed by atoms with E-state index in [1.807, 2.05) is 147 Å². The predicted molar refractivity (Wildman–Crippen MR) is 237 cm³/mol. The second-order valence-electron chi connectivity index (χ2n) is 16.5. The van der Waals surface area contributed by atoms with Crippen LogP contribution in [0.5, 0.6) is 0 Å². The van der Waals surface area contributed by atoms with Crippen molar-refractivity contribution in [3.05, 3.63) is 130 Å². The molecule has 62 heavy (non-hydrogen) atoms. The lowest BCUT2D eigenvalue weighted by Gasteiger charge is -2.36. The van der Waals surface area contributed by atoms with E-state index in [9.17, 15) is 44.4 Å². The largest absolute Gasteiger partial charge is 0.452 e. The number of ether oxygens (including phenoxy) is 2. The summed E-state index contributed by atoms with van der Waals surface area (Å²) in [6.45, 7) is 20.1. The number of aliphatic hydroxyl groups excluding tert-OH is 5. The summed E-state index contributed by atoms with van der Waals surface area (Å²) in [5.41, 5.74) is 5.33. The number of Topliss-reactive ketones (excluding diaryl/α,β-unsaturated/α-hetero) is 2. The third-order valence-electron chi connectivity index (χ3n) is 10.3. The summed E-state index contributed by atoms with van der Waals surface area (Å²) >= 11 is 0. The van der Waals surface area contributed by atoms with Crippen molar-refractivity contribution in [3.63, 3.8) is 0 Å². The summed E-state index contributed by atoms with van der Waals surface area (Å²) in [7, 11) is 0. The van der Waals surface area contributed by atoms with E-state index in [4.69, 9.17) is 19.4 Å². The van der Waals surface area contributed by atoms with Crippen molar-refractivity contribution in [1.29, 1.82) is 0 Å². The highest BCUT2D eigenvalue weighted by Gasteiger charge is 2.42. The molecule has 6 unspecified atom stereocenters. The van der Waals surface area contributed by atoms with Crippen LogP contribution in [0.1, 0.15) is 82.1 Å². The molecule has 2 aliphatic carbocycles. The molecule has 0 aromatic carbocycles. The fraction of sp³-hybridized carbons (Fsp3) is 0.429. The lowest BCUT2D eigenvalue weighted by molar-refractivity contribution is -0.170. The van der Waals surface area contributed by atoms with Crippen LogP contribution in [0.4, 0.5) is 0 Å². The number of carbonyl (C=O) groups excluding carboxylic acids is 6. The summed E-state index contributed by atoms with van der Waals surface area (Å²) in [5.74, 6) is -3.17. The average Bonchev–Trinajstić information content (AvgIpc) is 3.22. The summed E-state index contributed by atoms with van der Waals surface area (Å²) in [6.07, 6.45) is 17.6. The van der Waals surface area contributed by atoms with Gasteiger partial charge in [-0.15, -0.1) is 0 Å². The van der Waals surface area contributed by atoms with Crippen molar-refractivity contribution < 1.29 is 63.8 Å². The van der Waals surface area contributed by atoms with Crippen LogP contribution in [0.2, 0.25) is 0 Å². The van der Waals surface area contributed by atoms with Crippen LogP contribution in [0, 0.1) is 10.8 Å². The molecule has 2 rings (SSSR count). The summed E-state index contributed by atoms with van der Waals surface area (Å²) < 4.78 is 10.4. The maximum Gasteiger partial charge on any atom is 0.338 e. The minimum Gasteiger partial charge on any atom is -0.452 e. The number of esters is 2. The molecular weight excluding hydrogens is 797 g/mol. The van der Waals surface area contributed by atoms with Gasteiger partial charge >= 0.3 is 11.9 Å². The summed E-state index contributed by atoms with van der Waals surface area (Å²) in [6, 6.07) is 0. The summed E-state index contributed by atoms with van der Waals surface area (Å²) in [4.78, 5) is 69.2. The number of hydrogen-bond acceptors (Lipinski definition) is 13. The molecule has 0 radical (unpaired) electrons. The van der Waals surface area contributed by atoms with Crippen LogP contribution in [0.15, 0.2) is 130 Å². The highest BCUT2D eigenvalue weighted by molar-refractivity contribution is 6.02. The molecule has 0 spiro atoms. The van der Waals surface area contributed by atoms with Crippen LogP contribution in [0.25, 0.3) is 0 Å². The van der Waals surface area contributed by atoms with Crippen molar-refractivity contribution in [2.45, 2.75) is 119 Å². The Morgan fingerprint density at radius 2 is 0.984 bits per heavy atom. The minimum atomic E-state index is -2.06. The van der Waals surface area contributed by atoms with E-state index >= 15 is 0 Å². The zero-order valence-electron chi connectivity index (χ0n) is 37.5. The van der Waals surface area contributed by atoms with Crippen molar-refractivity contribution in [1.82, 2.24) is 0 Å². The SMILES string of the molecule is C=O.CC1=C(/C=C/C(C)=C/C=C/C(C)=C/C=C/C=C(C)/C=C/C=C(C)/C=C/C2=C(C)C(=O)C(OC(=O)C(O)C(O)CO)CC2(C)C)C(C)(C)CC(OC(=O)C(O)C(O)C=O)C1=O. The van der Waals surface area contributed by atoms with Gasteiger partial charge in [-0.3, -0.25) is 9.59 Å². The van der Waals surface area contributed by atoms with Crippen molar-refractivity contribution in [2.24, 2.45) is 10.8 Å². The van der Waals surface area contributed by atoms with Gasteiger partial charge in [-0.2, -0.15) is 0 Å². The van der Waals surface area contributed by atoms with Crippen LogP contribution < -0.4 is 0 Å². The number of aliphatic hydroxyl groups is 5. The molecule has 0 aliphatic heterocycles. The molecule has 6 atom stereocenters. The average molecular weight is 861 g/mol. The second kappa shape index (κ2) is 25.5. The Hall–Kier alpha value is -5.44. The zero-order chi connectivity index (χ0) is 47.5. The maximum atomic E-state index is 13.0. The Labute approximate surface area is 365 Å². The number of rotatable bonds is 18. The predicted octanol–water partition coefficient (Wildman–Crippen LogP) is 5.46. The van der Waals surface area contributed by atoms with Gasteiger partial charge in [0.25, 0.3) is 0 Å². The molecular formula is C49H64O13. The quantitative estimate of drug-likeness (QED) is 0.0658. The fourth-order valence-corrected chi connectivity index (χ4v) is 6.65. The van der Waals surface area contributed by atoms with Crippen LogP contribution in [-0.2, 0) is 38.2 Å². The monoisotopic (exact) mass is 860 g/mol. The van der Waals surface area contributed by atoms with E-state index in [1.165, 1.54) is 0 Å². The van der Waals surface area contributed by atoms with E-state index in [0.717, 1.165) is 33.4 Å². The van der Waals surface area contributed by atoms with Crippen molar-refractivity contribution in [2.75, 3.05) is 6.61 Å². The smallest absolute Gasteiger partial charge is 0.338 e. The van der Waals surface area contributed by atoms with Gasteiger partial charge in [0.1, 0.15) is 19.0 Å². The highest BCUT2D eigenvalue weighted by Crippen LogP contribution is 2.42. The summed E-state index contributed by atoms with van der Waals surface area (Å²) in [5, 5.41) is 47.6. The van der Waals surface area contributed by atoms with E-state index in [2.05, 4.69) is 0 Å².